The number of amides is 2. The van der Waals surface area contributed by atoms with Gasteiger partial charge in [0.05, 0.1) is 5.69 Å². The molecule has 0 spiro atoms. The second-order valence-electron chi connectivity index (χ2n) is 7.36. The van der Waals surface area contributed by atoms with E-state index in [9.17, 15) is 9.59 Å². The van der Waals surface area contributed by atoms with Gasteiger partial charge in [0.1, 0.15) is 5.60 Å². The first-order valence-corrected chi connectivity index (χ1v) is 9.49. The van der Waals surface area contributed by atoms with Crippen LogP contribution in [0.5, 0.6) is 0 Å². The molecule has 7 heteroatoms. The number of nitrogens with zero attached hydrogens (tertiary/aromatic N) is 1. The Labute approximate surface area is 162 Å². The van der Waals surface area contributed by atoms with Crippen LogP contribution in [-0.4, -0.2) is 35.1 Å². The zero-order valence-corrected chi connectivity index (χ0v) is 17.3. The number of halogens is 2. The van der Waals surface area contributed by atoms with Crippen LogP contribution in [-0.2, 0) is 9.53 Å². The first kappa shape index (κ1) is 20.0. The summed E-state index contributed by atoms with van der Waals surface area (Å²) in [6.45, 7) is 8.00. The van der Waals surface area contributed by atoms with E-state index < -0.39 is 5.60 Å². The monoisotopic (exact) mass is 430 g/mol. The Morgan fingerprint density at radius 3 is 2.60 bits per heavy atom. The summed E-state index contributed by atoms with van der Waals surface area (Å²) in [6.07, 6.45) is 0.899. The molecule has 1 saturated heterocycles. The Kier molecular flexibility index (Phi) is 6.38. The van der Waals surface area contributed by atoms with E-state index in [1.807, 2.05) is 27.7 Å². The van der Waals surface area contributed by atoms with Gasteiger partial charge in [0, 0.05) is 28.0 Å². The van der Waals surface area contributed by atoms with Crippen molar-refractivity contribution >= 4 is 45.2 Å². The van der Waals surface area contributed by atoms with Crippen LogP contribution in [0.15, 0.2) is 22.7 Å². The molecule has 1 N–H and O–H groups in total. The molecule has 0 aliphatic carbocycles. The number of hydrogen-bond donors (Lipinski definition) is 1. The summed E-state index contributed by atoms with van der Waals surface area (Å²) in [6, 6.07) is 5.19. The Morgan fingerprint density at radius 2 is 2.04 bits per heavy atom. The first-order valence-electron chi connectivity index (χ1n) is 8.32. The number of rotatable bonds is 2. The molecule has 1 heterocycles. The molecular weight excluding hydrogens is 408 g/mol. The van der Waals surface area contributed by atoms with Gasteiger partial charge in [-0.15, -0.1) is 0 Å². The molecule has 2 amide bonds. The minimum absolute atomic E-state index is 0.0429. The highest BCUT2D eigenvalue weighted by Crippen LogP contribution is 2.29. The predicted molar refractivity (Wildman–Crippen MR) is 103 cm³/mol. The molecule has 1 fully saturated rings. The summed E-state index contributed by atoms with van der Waals surface area (Å²) < 4.78 is 6.18. The number of carbonyl (C=O) groups excluding carboxylic acids is 2. The van der Waals surface area contributed by atoms with Crippen molar-refractivity contribution < 1.29 is 14.3 Å². The van der Waals surface area contributed by atoms with E-state index in [1.165, 1.54) is 0 Å². The third kappa shape index (κ3) is 5.61. The molecule has 0 unspecified atom stereocenters. The van der Waals surface area contributed by atoms with Gasteiger partial charge in [0.25, 0.3) is 0 Å². The lowest BCUT2D eigenvalue weighted by Crippen LogP contribution is -2.48. The van der Waals surface area contributed by atoms with Crippen LogP contribution in [0.25, 0.3) is 0 Å². The van der Waals surface area contributed by atoms with Crippen molar-refractivity contribution in [2.75, 3.05) is 11.9 Å². The molecule has 2 rings (SSSR count). The lowest BCUT2D eigenvalue weighted by molar-refractivity contribution is -0.121. The number of likely N-dealkylation sites (tertiary alicyclic amines) is 1. The molecule has 0 saturated carbocycles. The van der Waals surface area contributed by atoms with E-state index in [-0.39, 0.29) is 24.0 Å². The summed E-state index contributed by atoms with van der Waals surface area (Å²) in [7, 11) is 0. The minimum Gasteiger partial charge on any atom is -0.444 e. The van der Waals surface area contributed by atoms with Crippen molar-refractivity contribution in [3.05, 3.63) is 27.7 Å². The first-order chi connectivity index (χ1) is 11.6. The number of benzene rings is 1. The van der Waals surface area contributed by atoms with E-state index in [2.05, 4.69) is 21.2 Å². The number of ether oxygens (including phenoxy) is 1. The highest BCUT2D eigenvalue weighted by molar-refractivity contribution is 9.10. The van der Waals surface area contributed by atoms with E-state index in [0.29, 0.717) is 30.1 Å². The fourth-order valence-electron chi connectivity index (χ4n) is 2.83. The van der Waals surface area contributed by atoms with Crippen LogP contribution in [0.2, 0.25) is 5.02 Å². The zero-order chi connectivity index (χ0) is 18.8. The Morgan fingerprint density at radius 1 is 1.36 bits per heavy atom. The number of hydrogen-bond acceptors (Lipinski definition) is 3. The van der Waals surface area contributed by atoms with Crippen molar-refractivity contribution in [3.63, 3.8) is 0 Å². The summed E-state index contributed by atoms with van der Waals surface area (Å²) in [5, 5.41) is 3.53. The van der Waals surface area contributed by atoms with Crippen LogP contribution in [0, 0.1) is 5.92 Å². The lowest BCUT2D eigenvalue weighted by Gasteiger charge is -2.37. The highest BCUT2D eigenvalue weighted by atomic mass is 79.9. The Balaban J connectivity index is 1.95. The van der Waals surface area contributed by atoms with Gasteiger partial charge in [-0.1, -0.05) is 11.6 Å². The second kappa shape index (κ2) is 7.96. The smallest absolute Gasteiger partial charge is 0.410 e. The molecule has 5 nitrogen and oxygen atoms in total. The minimum atomic E-state index is -0.522. The van der Waals surface area contributed by atoms with Crippen LogP contribution < -0.4 is 5.32 Å². The summed E-state index contributed by atoms with van der Waals surface area (Å²) in [4.78, 5) is 26.5. The Bertz CT molecular complexity index is 660. The topological polar surface area (TPSA) is 58.6 Å². The SMILES string of the molecule is C[C@H]1C[C@@H](C(=O)Nc2ccc(Cl)cc2Br)CCN1C(=O)OC(C)(C)C. The third-order valence-electron chi connectivity index (χ3n) is 4.06. The average Bonchev–Trinajstić information content (AvgIpc) is 2.48. The largest absolute Gasteiger partial charge is 0.444 e. The summed E-state index contributed by atoms with van der Waals surface area (Å²) >= 11 is 9.32. The summed E-state index contributed by atoms with van der Waals surface area (Å²) in [5.74, 6) is -0.185. The number of carbonyl (C=O) groups is 2. The maximum Gasteiger partial charge on any atom is 0.410 e. The molecule has 1 aromatic carbocycles. The van der Waals surface area contributed by atoms with Gasteiger partial charge in [-0.2, -0.15) is 0 Å². The molecular formula is C18H24BrClN2O3. The van der Waals surface area contributed by atoms with Gasteiger partial charge in [-0.25, -0.2) is 4.79 Å². The molecule has 1 aliphatic heterocycles. The normalized spacial score (nSPS) is 21.0. The van der Waals surface area contributed by atoms with Crippen LogP contribution in [0.1, 0.15) is 40.5 Å². The fraction of sp³-hybridized carbons (Fsp3) is 0.556. The van der Waals surface area contributed by atoms with Gasteiger partial charge in [-0.05, 0) is 74.7 Å². The van der Waals surface area contributed by atoms with E-state index in [1.54, 1.807) is 23.1 Å². The highest BCUT2D eigenvalue weighted by Gasteiger charge is 2.34. The fourth-order valence-corrected chi connectivity index (χ4v) is 3.61. The lowest BCUT2D eigenvalue weighted by atomic mass is 9.91. The zero-order valence-electron chi connectivity index (χ0n) is 14.9. The van der Waals surface area contributed by atoms with E-state index in [4.69, 9.17) is 16.3 Å². The third-order valence-corrected chi connectivity index (χ3v) is 4.96. The maximum absolute atomic E-state index is 12.6. The Hall–Kier alpha value is -1.27. The number of anilines is 1. The summed E-state index contributed by atoms with van der Waals surface area (Å²) in [5.41, 5.74) is 0.169. The van der Waals surface area contributed by atoms with Crippen LogP contribution >= 0.6 is 27.5 Å². The van der Waals surface area contributed by atoms with Gasteiger partial charge < -0.3 is 15.0 Å². The van der Waals surface area contributed by atoms with Gasteiger partial charge in [-0.3, -0.25) is 4.79 Å². The molecule has 138 valence electrons. The van der Waals surface area contributed by atoms with Crippen LogP contribution in [0.4, 0.5) is 10.5 Å². The van der Waals surface area contributed by atoms with Crippen molar-refractivity contribution in [1.82, 2.24) is 4.90 Å². The molecule has 0 radical (unpaired) electrons. The molecule has 1 aliphatic rings. The maximum atomic E-state index is 12.6. The molecule has 0 aromatic heterocycles. The quantitative estimate of drug-likeness (QED) is 0.710. The molecule has 0 bridgehead atoms. The van der Waals surface area contributed by atoms with Crippen molar-refractivity contribution in [1.29, 1.82) is 0 Å². The van der Waals surface area contributed by atoms with E-state index >= 15 is 0 Å². The van der Waals surface area contributed by atoms with E-state index in [0.717, 1.165) is 4.47 Å². The second-order valence-corrected chi connectivity index (χ2v) is 8.65. The number of piperidine rings is 1. The van der Waals surface area contributed by atoms with Gasteiger partial charge in [0.15, 0.2) is 0 Å². The molecule has 2 atom stereocenters. The molecule has 25 heavy (non-hydrogen) atoms. The standard InChI is InChI=1S/C18H24BrClN2O3/c1-11-9-12(7-8-22(11)17(24)25-18(2,3)4)16(23)21-15-6-5-13(20)10-14(15)19/h5-6,10-12H,7-9H2,1-4H3,(H,21,23)/t11-,12-/m0/s1. The number of nitrogens with one attached hydrogen (secondary N) is 1. The average molecular weight is 432 g/mol. The van der Waals surface area contributed by atoms with Crippen molar-refractivity contribution in [3.8, 4) is 0 Å². The predicted octanol–water partition coefficient (Wildman–Crippen LogP) is 5.08. The molecule has 1 aromatic rings. The van der Waals surface area contributed by atoms with Crippen LogP contribution in [0.3, 0.4) is 0 Å². The van der Waals surface area contributed by atoms with Crippen molar-refractivity contribution in [2.24, 2.45) is 5.92 Å². The van der Waals surface area contributed by atoms with Crippen molar-refractivity contribution in [2.45, 2.75) is 52.2 Å². The van der Waals surface area contributed by atoms with Gasteiger partial charge in [0.2, 0.25) is 5.91 Å². The van der Waals surface area contributed by atoms with Gasteiger partial charge >= 0.3 is 6.09 Å².